The molecule has 2 aromatic carbocycles. The zero-order chi connectivity index (χ0) is 20.6. The summed E-state index contributed by atoms with van der Waals surface area (Å²) >= 11 is 0. The molecule has 29 heavy (non-hydrogen) atoms. The summed E-state index contributed by atoms with van der Waals surface area (Å²) in [4.78, 5) is 29.1. The highest BCUT2D eigenvalue weighted by Gasteiger charge is 2.13. The van der Waals surface area contributed by atoms with Gasteiger partial charge in [0.1, 0.15) is 11.4 Å². The molecule has 2 N–H and O–H groups in total. The van der Waals surface area contributed by atoms with Gasteiger partial charge in [-0.1, -0.05) is 37.3 Å². The molecule has 1 heterocycles. The average molecular weight is 389 g/mol. The number of para-hydroxylation sites is 1. The molecule has 0 fully saturated rings. The summed E-state index contributed by atoms with van der Waals surface area (Å²) in [7, 11) is 1.59. The lowest BCUT2D eigenvalue weighted by Gasteiger charge is -2.10. The van der Waals surface area contributed by atoms with Gasteiger partial charge in [0, 0.05) is 29.6 Å². The summed E-state index contributed by atoms with van der Waals surface area (Å²) in [6.45, 7) is 2.39. The van der Waals surface area contributed by atoms with E-state index >= 15 is 0 Å². The van der Waals surface area contributed by atoms with E-state index < -0.39 is 0 Å². The molecule has 0 aliphatic heterocycles. The minimum atomic E-state index is -0.367. The summed E-state index contributed by atoms with van der Waals surface area (Å²) in [5, 5.41) is 5.64. The third kappa shape index (κ3) is 5.19. The normalized spacial score (nSPS) is 10.3. The van der Waals surface area contributed by atoms with Crippen LogP contribution in [-0.2, 0) is 13.0 Å². The quantitative estimate of drug-likeness (QED) is 0.643. The van der Waals surface area contributed by atoms with Crippen molar-refractivity contribution in [3.8, 4) is 5.75 Å². The van der Waals surface area contributed by atoms with Crippen molar-refractivity contribution in [1.82, 2.24) is 10.3 Å². The van der Waals surface area contributed by atoms with Crippen molar-refractivity contribution in [2.45, 2.75) is 19.9 Å². The van der Waals surface area contributed by atoms with Crippen molar-refractivity contribution in [2.75, 3.05) is 12.4 Å². The van der Waals surface area contributed by atoms with E-state index in [9.17, 15) is 9.59 Å². The lowest BCUT2D eigenvalue weighted by Crippen LogP contribution is -2.24. The van der Waals surface area contributed by atoms with E-state index in [0.717, 1.165) is 12.0 Å². The van der Waals surface area contributed by atoms with E-state index in [4.69, 9.17) is 4.74 Å². The third-order valence-electron chi connectivity index (χ3n) is 4.51. The van der Waals surface area contributed by atoms with Crippen LogP contribution in [0.5, 0.6) is 5.75 Å². The molecule has 2 amide bonds. The number of aromatic nitrogens is 1. The third-order valence-corrected chi connectivity index (χ3v) is 4.51. The van der Waals surface area contributed by atoms with Gasteiger partial charge in [0.25, 0.3) is 11.8 Å². The molecule has 0 saturated heterocycles. The summed E-state index contributed by atoms with van der Waals surface area (Å²) in [5.41, 5.74) is 3.27. The van der Waals surface area contributed by atoms with Gasteiger partial charge in [-0.2, -0.15) is 0 Å². The minimum absolute atomic E-state index is 0.175. The minimum Gasteiger partial charge on any atom is -0.496 e. The van der Waals surface area contributed by atoms with E-state index in [1.54, 1.807) is 13.2 Å². The van der Waals surface area contributed by atoms with Crippen LogP contribution in [-0.4, -0.2) is 23.9 Å². The maximum Gasteiger partial charge on any atom is 0.274 e. The Hall–Kier alpha value is -3.67. The molecular formula is C23H23N3O3. The smallest absolute Gasteiger partial charge is 0.274 e. The van der Waals surface area contributed by atoms with Gasteiger partial charge in [0.15, 0.2) is 0 Å². The zero-order valence-corrected chi connectivity index (χ0v) is 16.4. The van der Waals surface area contributed by atoms with Gasteiger partial charge in [-0.05, 0) is 42.3 Å². The van der Waals surface area contributed by atoms with Crippen LogP contribution in [0.3, 0.4) is 0 Å². The lowest BCUT2D eigenvalue weighted by atomic mass is 10.1. The fraction of sp³-hybridized carbons (Fsp3) is 0.174. The number of methoxy groups -OCH3 is 1. The maximum atomic E-state index is 12.5. The number of nitrogens with zero attached hydrogens (tertiary/aromatic N) is 1. The summed E-state index contributed by atoms with van der Waals surface area (Å²) in [5.74, 6) is 0.0463. The fourth-order valence-electron chi connectivity index (χ4n) is 2.84. The first-order valence-electron chi connectivity index (χ1n) is 9.37. The second kappa shape index (κ2) is 9.50. The van der Waals surface area contributed by atoms with Gasteiger partial charge in [0.05, 0.1) is 7.11 Å². The van der Waals surface area contributed by atoms with Gasteiger partial charge < -0.3 is 15.4 Å². The number of carbonyl (C=O) groups excluding carboxylic acids is 2. The van der Waals surface area contributed by atoms with Crippen molar-refractivity contribution < 1.29 is 14.3 Å². The molecule has 0 aliphatic carbocycles. The molecule has 0 spiro atoms. The largest absolute Gasteiger partial charge is 0.496 e. The van der Waals surface area contributed by atoms with E-state index in [2.05, 4.69) is 22.5 Å². The molecule has 0 bridgehead atoms. The summed E-state index contributed by atoms with van der Waals surface area (Å²) < 4.78 is 5.29. The lowest BCUT2D eigenvalue weighted by molar-refractivity contribution is 0.0950. The number of rotatable bonds is 7. The van der Waals surface area contributed by atoms with Gasteiger partial charge in [0.2, 0.25) is 0 Å². The Morgan fingerprint density at radius 3 is 2.48 bits per heavy atom. The van der Waals surface area contributed by atoms with Crippen LogP contribution in [0.15, 0.2) is 66.9 Å². The van der Waals surface area contributed by atoms with Crippen molar-refractivity contribution >= 4 is 17.5 Å². The van der Waals surface area contributed by atoms with E-state index in [-0.39, 0.29) is 17.5 Å². The topological polar surface area (TPSA) is 80.3 Å². The van der Waals surface area contributed by atoms with Crippen molar-refractivity contribution in [3.05, 3.63) is 89.2 Å². The average Bonchev–Trinajstić information content (AvgIpc) is 2.78. The number of anilines is 1. The van der Waals surface area contributed by atoms with Crippen LogP contribution in [0.1, 0.15) is 38.9 Å². The highest BCUT2D eigenvalue weighted by molar-refractivity contribution is 6.04. The number of hydrogen-bond acceptors (Lipinski definition) is 4. The maximum absolute atomic E-state index is 12.5. The predicted molar refractivity (Wildman–Crippen MR) is 112 cm³/mol. The van der Waals surface area contributed by atoms with Crippen LogP contribution in [0, 0.1) is 0 Å². The first-order chi connectivity index (χ1) is 14.1. The molecular weight excluding hydrogens is 366 g/mol. The van der Waals surface area contributed by atoms with Crippen LogP contribution >= 0.6 is 0 Å². The molecule has 0 saturated carbocycles. The van der Waals surface area contributed by atoms with E-state index in [1.165, 1.54) is 17.8 Å². The van der Waals surface area contributed by atoms with Gasteiger partial charge in [-0.15, -0.1) is 0 Å². The molecule has 3 rings (SSSR count). The molecule has 6 heteroatoms. The Morgan fingerprint density at radius 1 is 1.00 bits per heavy atom. The summed E-state index contributed by atoms with van der Waals surface area (Å²) in [6, 6.07) is 18.1. The fourth-order valence-corrected chi connectivity index (χ4v) is 2.84. The molecule has 148 valence electrons. The molecule has 0 radical (unpaired) electrons. The molecule has 0 aliphatic rings. The van der Waals surface area contributed by atoms with Crippen molar-refractivity contribution in [3.63, 3.8) is 0 Å². The number of hydrogen-bond donors (Lipinski definition) is 2. The molecule has 0 unspecified atom stereocenters. The highest BCUT2D eigenvalue weighted by Crippen LogP contribution is 2.17. The Balaban J connectivity index is 1.66. The summed E-state index contributed by atoms with van der Waals surface area (Å²) in [6.07, 6.45) is 2.38. The van der Waals surface area contributed by atoms with Crippen molar-refractivity contribution in [1.29, 1.82) is 0 Å². The van der Waals surface area contributed by atoms with Crippen molar-refractivity contribution in [2.24, 2.45) is 0 Å². The molecule has 1 aromatic heterocycles. The number of aryl methyl sites for hydroxylation is 1. The standard InChI is InChI=1S/C23H23N3O3/c1-3-16-8-10-19(11-9-16)26-23(28)20-14-17(12-13-24-20)22(27)25-15-18-6-4-5-7-21(18)29-2/h4-14H,3,15H2,1-2H3,(H,25,27)(H,26,28). The second-order valence-electron chi connectivity index (χ2n) is 6.43. The van der Waals surface area contributed by atoms with Crippen LogP contribution in [0.25, 0.3) is 0 Å². The number of carbonyl (C=O) groups is 2. The molecule has 3 aromatic rings. The molecule has 0 atom stereocenters. The SMILES string of the molecule is CCc1ccc(NC(=O)c2cc(C(=O)NCc3ccccc3OC)ccn2)cc1. The first-order valence-corrected chi connectivity index (χ1v) is 9.37. The van der Waals surface area contributed by atoms with E-state index in [0.29, 0.717) is 23.5 Å². The number of nitrogens with one attached hydrogen (secondary N) is 2. The number of benzene rings is 2. The Morgan fingerprint density at radius 2 is 1.76 bits per heavy atom. The Kier molecular flexibility index (Phi) is 6.58. The number of ether oxygens (including phenoxy) is 1. The first kappa shape index (κ1) is 20.1. The molecule has 6 nitrogen and oxygen atoms in total. The van der Waals surface area contributed by atoms with Crippen LogP contribution < -0.4 is 15.4 Å². The van der Waals surface area contributed by atoms with Gasteiger partial charge in [-0.25, -0.2) is 0 Å². The second-order valence-corrected chi connectivity index (χ2v) is 6.43. The monoisotopic (exact) mass is 389 g/mol. The Bertz CT molecular complexity index is 1000. The van der Waals surface area contributed by atoms with Crippen LogP contribution in [0.4, 0.5) is 5.69 Å². The zero-order valence-electron chi connectivity index (χ0n) is 16.4. The van der Waals surface area contributed by atoms with E-state index in [1.807, 2.05) is 48.5 Å². The number of amides is 2. The predicted octanol–water partition coefficient (Wildman–Crippen LogP) is 3.83. The Labute approximate surface area is 169 Å². The van der Waals surface area contributed by atoms with Gasteiger partial charge in [-0.3, -0.25) is 14.6 Å². The highest BCUT2D eigenvalue weighted by atomic mass is 16.5. The van der Waals surface area contributed by atoms with Gasteiger partial charge >= 0.3 is 0 Å². The van der Waals surface area contributed by atoms with Crippen LogP contribution in [0.2, 0.25) is 0 Å². The number of pyridine rings is 1.